The molecule has 4 aromatic rings. The third kappa shape index (κ3) is 5.44. The topological polar surface area (TPSA) is 74.6 Å². The molecule has 0 bridgehead atoms. The Morgan fingerprint density at radius 3 is 2.19 bits per heavy atom. The summed E-state index contributed by atoms with van der Waals surface area (Å²) in [6.45, 7) is 7.94. The standard InChI is InChI=1S/C27H26Cl2NO5PS/c1-4-34-36(31,35-5-2)18-26-27(19(3)22-16-15-20(28)17-24(22)29)23-13-9-10-14-25(23)30(26)37(32,33)21-11-7-6-8-12-21/h6-17H,3-5,18H2,1-2H3. The van der Waals surface area contributed by atoms with E-state index in [0.29, 0.717) is 37.6 Å². The van der Waals surface area contributed by atoms with Gasteiger partial charge in [-0.3, -0.25) is 4.57 Å². The predicted molar refractivity (Wildman–Crippen MR) is 150 cm³/mol. The lowest BCUT2D eigenvalue weighted by atomic mass is 9.97. The highest BCUT2D eigenvalue weighted by atomic mass is 35.5. The molecule has 4 rings (SSSR count). The van der Waals surface area contributed by atoms with Crippen molar-refractivity contribution in [2.45, 2.75) is 24.9 Å². The summed E-state index contributed by atoms with van der Waals surface area (Å²) in [7, 11) is -7.86. The van der Waals surface area contributed by atoms with Gasteiger partial charge in [0.15, 0.2) is 0 Å². The summed E-state index contributed by atoms with van der Waals surface area (Å²) in [5.41, 5.74) is 2.14. The number of fused-ring (bicyclic) bond motifs is 1. The Hall–Kier alpha value is -2.38. The van der Waals surface area contributed by atoms with Gasteiger partial charge in [-0.25, -0.2) is 12.4 Å². The molecule has 0 unspecified atom stereocenters. The van der Waals surface area contributed by atoms with Crippen LogP contribution >= 0.6 is 30.8 Å². The molecule has 1 aromatic heterocycles. The van der Waals surface area contributed by atoms with Crippen molar-refractivity contribution in [3.8, 4) is 0 Å². The number of nitrogens with zero attached hydrogens (tertiary/aromatic N) is 1. The largest absolute Gasteiger partial charge is 0.336 e. The quantitative estimate of drug-likeness (QED) is 0.178. The number of rotatable bonds is 10. The minimum absolute atomic E-state index is 0.0846. The maximum atomic E-state index is 14.1. The molecule has 0 radical (unpaired) electrons. The van der Waals surface area contributed by atoms with Crippen LogP contribution in [0.25, 0.3) is 16.5 Å². The van der Waals surface area contributed by atoms with Gasteiger partial charge >= 0.3 is 7.60 Å². The van der Waals surface area contributed by atoms with E-state index in [2.05, 4.69) is 6.58 Å². The van der Waals surface area contributed by atoms with E-state index in [4.69, 9.17) is 32.2 Å². The molecule has 0 aliphatic carbocycles. The Labute approximate surface area is 227 Å². The lowest BCUT2D eigenvalue weighted by molar-refractivity contribution is 0.219. The fourth-order valence-corrected chi connectivity index (χ4v) is 8.20. The van der Waals surface area contributed by atoms with Gasteiger partial charge in [0.05, 0.1) is 35.5 Å². The van der Waals surface area contributed by atoms with E-state index >= 15 is 0 Å². The maximum Gasteiger partial charge on any atom is 0.336 e. The van der Waals surface area contributed by atoms with E-state index in [0.717, 1.165) is 0 Å². The van der Waals surface area contributed by atoms with E-state index < -0.39 is 17.6 Å². The highest BCUT2D eigenvalue weighted by molar-refractivity contribution is 7.90. The van der Waals surface area contributed by atoms with Crippen LogP contribution in [0.2, 0.25) is 10.0 Å². The van der Waals surface area contributed by atoms with Crippen molar-refractivity contribution < 1.29 is 22.0 Å². The van der Waals surface area contributed by atoms with Crippen LogP contribution < -0.4 is 0 Å². The molecule has 1 heterocycles. The molecular formula is C27H26Cl2NO5PS. The van der Waals surface area contributed by atoms with Gasteiger partial charge in [0.1, 0.15) is 0 Å². The fourth-order valence-electron chi connectivity index (χ4n) is 4.29. The lowest BCUT2D eigenvalue weighted by Crippen LogP contribution is -2.17. The van der Waals surface area contributed by atoms with Crippen molar-refractivity contribution in [3.05, 3.63) is 106 Å². The molecule has 6 nitrogen and oxygen atoms in total. The van der Waals surface area contributed by atoms with Crippen molar-refractivity contribution in [3.63, 3.8) is 0 Å². The van der Waals surface area contributed by atoms with E-state index in [1.165, 1.54) is 16.1 Å². The van der Waals surface area contributed by atoms with Crippen molar-refractivity contribution >= 4 is 57.3 Å². The number of para-hydroxylation sites is 1. The van der Waals surface area contributed by atoms with Gasteiger partial charge in [-0.1, -0.05) is 72.2 Å². The van der Waals surface area contributed by atoms with Crippen LogP contribution in [0.3, 0.4) is 0 Å². The van der Waals surface area contributed by atoms with Crippen LogP contribution in [0.5, 0.6) is 0 Å². The Morgan fingerprint density at radius 1 is 0.946 bits per heavy atom. The Morgan fingerprint density at radius 2 is 1.57 bits per heavy atom. The van der Waals surface area contributed by atoms with Gasteiger partial charge in [0.2, 0.25) is 0 Å². The molecule has 37 heavy (non-hydrogen) atoms. The number of hydrogen-bond acceptors (Lipinski definition) is 5. The summed E-state index contributed by atoms with van der Waals surface area (Å²) >= 11 is 12.6. The van der Waals surface area contributed by atoms with Crippen molar-refractivity contribution in [2.75, 3.05) is 13.2 Å². The molecule has 0 saturated carbocycles. The zero-order valence-corrected chi connectivity index (χ0v) is 23.6. The minimum atomic E-state index is -4.12. The SMILES string of the molecule is C=C(c1ccc(Cl)cc1Cl)c1c(CP(=O)(OCC)OCC)n(S(=O)(=O)c2ccccc2)c2ccccc12. The Kier molecular flexibility index (Phi) is 8.34. The Balaban J connectivity index is 2.09. The van der Waals surface area contributed by atoms with Crippen LogP contribution in [0.4, 0.5) is 0 Å². The normalized spacial score (nSPS) is 12.2. The van der Waals surface area contributed by atoms with Crippen LogP contribution in [0, 0.1) is 0 Å². The van der Waals surface area contributed by atoms with Gasteiger partial charge in [-0.05, 0) is 49.8 Å². The average molecular weight is 578 g/mol. The summed E-state index contributed by atoms with van der Waals surface area (Å²) in [4.78, 5) is 0.0846. The Bertz CT molecular complexity index is 1610. The summed E-state index contributed by atoms with van der Waals surface area (Å²) in [5, 5.41) is 1.41. The molecule has 0 atom stereocenters. The van der Waals surface area contributed by atoms with Gasteiger partial charge in [-0.15, -0.1) is 0 Å². The van der Waals surface area contributed by atoms with E-state index in [1.54, 1.807) is 74.5 Å². The van der Waals surface area contributed by atoms with Crippen molar-refractivity contribution in [1.29, 1.82) is 0 Å². The number of aromatic nitrogens is 1. The van der Waals surface area contributed by atoms with E-state index in [9.17, 15) is 13.0 Å². The summed E-state index contributed by atoms with van der Waals surface area (Å²) < 4.78 is 54.3. The predicted octanol–water partition coefficient (Wildman–Crippen LogP) is 8.01. The average Bonchev–Trinajstić information content (AvgIpc) is 3.18. The zero-order chi connectivity index (χ0) is 26.8. The molecular weight excluding hydrogens is 552 g/mol. The lowest BCUT2D eigenvalue weighted by Gasteiger charge is -2.20. The molecule has 0 aliphatic rings. The highest BCUT2D eigenvalue weighted by Crippen LogP contribution is 2.54. The first-order chi connectivity index (χ1) is 17.6. The second-order valence-electron chi connectivity index (χ2n) is 8.13. The minimum Gasteiger partial charge on any atom is -0.309 e. The first-order valence-corrected chi connectivity index (χ1v) is 15.5. The molecule has 3 aromatic carbocycles. The molecule has 194 valence electrons. The number of hydrogen-bond donors (Lipinski definition) is 0. The summed E-state index contributed by atoms with van der Waals surface area (Å²) in [6.07, 6.45) is -0.297. The molecule has 0 saturated heterocycles. The second kappa shape index (κ2) is 11.2. The zero-order valence-electron chi connectivity index (χ0n) is 20.4. The van der Waals surface area contributed by atoms with E-state index in [1.807, 2.05) is 0 Å². The highest BCUT2D eigenvalue weighted by Gasteiger charge is 2.34. The summed E-state index contributed by atoms with van der Waals surface area (Å²) in [5.74, 6) is 0. The first kappa shape index (κ1) is 27.6. The van der Waals surface area contributed by atoms with Gasteiger partial charge < -0.3 is 9.05 Å². The third-order valence-corrected chi connectivity index (χ3v) is 10.1. The van der Waals surface area contributed by atoms with Crippen LogP contribution in [0.1, 0.15) is 30.7 Å². The smallest absolute Gasteiger partial charge is 0.309 e. The van der Waals surface area contributed by atoms with E-state index in [-0.39, 0.29) is 30.0 Å². The van der Waals surface area contributed by atoms with Crippen molar-refractivity contribution in [2.24, 2.45) is 0 Å². The van der Waals surface area contributed by atoms with Gasteiger partial charge in [0.25, 0.3) is 10.0 Å². The number of benzene rings is 3. The molecule has 10 heteroatoms. The second-order valence-corrected chi connectivity index (χ2v) is 12.8. The molecule has 0 amide bonds. The third-order valence-electron chi connectivity index (χ3n) is 5.76. The first-order valence-electron chi connectivity index (χ1n) is 11.6. The number of halogens is 2. The van der Waals surface area contributed by atoms with Crippen LogP contribution in [-0.4, -0.2) is 25.6 Å². The monoisotopic (exact) mass is 577 g/mol. The van der Waals surface area contributed by atoms with Crippen LogP contribution in [0.15, 0.2) is 84.3 Å². The van der Waals surface area contributed by atoms with Crippen LogP contribution in [-0.2, 0) is 29.8 Å². The molecule has 0 aliphatic heterocycles. The summed E-state index contributed by atoms with van der Waals surface area (Å²) in [6, 6.07) is 20.1. The van der Waals surface area contributed by atoms with Gasteiger partial charge in [0, 0.05) is 26.6 Å². The molecule has 0 spiro atoms. The fraction of sp³-hybridized carbons (Fsp3) is 0.185. The molecule has 0 fully saturated rings. The molecule has 0 N–H and O–H groups in total. The van der Waals surface area contributed by atoms with Gasteiger partial charge in [-0.2, -0.15) is 0 Å². The van der Waals surface area contributed by atoms with Crippen molar-refractivity contribution in [1.82, 2.24) is 3.97 Å². The maximum absolute atomic E-state index is 14.1.